The molecule has 0 radical (unpaired) electrons. The minimum atomic E-state index is -0.163. The lowest BCUT2D eigenvalue weighted by atomic mass is 9.95. The number of rotatable bonds is 8. The number of hydrogen-bond acceptors (Lipinski definition) is 5. The summed E-state index contributed by atoms with van der Waals surface area (Å²) in [6.45, 7) is 4.43. The van der Waals surface area contributed by atoms with Crippen LogP contribution in [0.15, 0.2) is 59.8 Å². The fourth-order valence-electron chi connectivity index (χ4n) is 4.81. The van der Waals surface area contributed by atoms with Gasteiger partial charge in [0.2, 0.25) is 0 Å². The highest BCUT2D eigenvalue weighted by Crippen LogP contribution is 2.31. The van der Waals surface area contributed by atoms with Crippen molar-refractivity contribution in [1.82, 2.24) is 19.7 Å². The van der Waals surface area contributed by atoms with Crippen LogP contribution in [0, 0.1) is 5.82 Å². The van der Waals surface area contributed by atoms with Crippen LogP contribution >= 0.6 is 11.8 Å². The first kappa shape index (κ1) is 22.6. The molecule has 1 unspecified atom stereocenters. The summed E-state index contributed by atoms with van der Waals surface area (Å²) in [5.74, 6) is 2.25. The van der Waals surface area contributed by atoms with E-state index in [1.54, 1.807) is 23.9 Å². The molecule has 174 valence electrons. The highest BCUT2D eigenvalue weighted by Gasteiger charge is 2.27. The van der Waals surface area contributed by atoms with Crippen molar-refractivity contribution in [2.75, 3.05) is 25.4 Å². The highest BCUT2D eigenvalue weighted by atomic mass is 32.2. The third-order valence-corrected chi connectivity index (χ3v) is 7.70. The van der Waals surface area contributed by atoms with Gasteiger partial charge in [0.05, 0.1) is 12.6 Å². The molecule has 7 heteroatoms. The monoisotopic (exact) mass is 466 g/mol. The average Bonchev–Trinajstić information content (AvgIpc) is 3.49. The molecular formula is C26H31FN4OS. The molecule has 0 bridgehead atoms. The summed E-state index contributed by atoms with van der Waals surface area (Å²) in [5, 5.41) is 10.3. The van der Waals surface area contributed by atoms with Gasteiger partial charge in [-0.2, -0.15) is 0 Å². The summed E-state index contributed by atoms with van der Waals surface area (Å²) in [6, 6.07) is 17.5. The summed E-state index contributed by atoms with van der Waals surface area (Å²) in [6.07, 6.45) is 4.70. The Hall–Kier alpha value is -2.22. The minimum absolute atomic E-state index is 0.163. The van der Waals surface area contributed by atoms with E-state index in [-0.39, 0.29) is 5.82 Å². The topological polar surface area (TPSA) is 43.2 Å². The van der Waals surface area contributed by atoms with Crippen LogP contribution < -0.4 is 0 Å². The first-order chi connectivity index (χ1) is 16.2. The Balaban J connectivity index is 1.27. The lowest BCUT2D eigenvalue weighted by molar-refractivity contribution is 0.129. The molecule has 5 nitrogen and oxygen atoms in total. The van der Waals surface area contributed by atoms with Crippen molar-refractivity contribution in [2.24, 2.45) is 0 Å². The van der Waals surface area contributed by atoms with Crippen molar-refractivity contribution in [3.63, 3.8) is 0 Å². The molecule has 0 spiro atoms. The maximum absolute atomic E-state index is 13.5. The molecule has 1 aromatic heterocycles. The molecule has 0 aliphatic carbocycles. The van der Waals surface area contributed by atoms with Gasteiger partial charge in [0.1, 0.15) is 11.6 Å². The molecule has 0 N–H and O–H groups in total. The molecule has 2 aliphatic rings. The summed E-state index contributed by atoms with van der Waals surface area (Å²) >= 11 is 1.77. The number of benzene rings is 2. The molecule has 2 saturated heterocycles. The zero-order valence-electron chi connectivity index (χ0n) is 18.9. The molecule has 33 heavy (non-hydrogen) atoms. The van der Waals surface area contributed by atoms with Gasteiger partial charge in [0.15, 0.2) is 5.16 Å². The quantitative estimate of drug-likeness (QED) is 0.431. The maximum atomic E-state index is 13.5. The fourth-order valence-corrected chi connectivity index (χ4v) is 5.82. The summed E-state index contributed by atoms with van der Waals surface area (Å²) < 4.78 is 21.7. The van der Waals surface area contributed by atoms with E-state index in [1.165, 1.54) is 11.6 Å². The normalized spacial score (nSPS) is 19.8. The molecule has 0 amide bonds. The van der Waals surface area contributed by atoms with E-state index in [9.17, 15) is 4.39 Å². The lowest BCUT2D eigenvalue weighted by Crippen LogP contribution is -2.33. The van der Waals surface area contributed by atoms with Crippen LogP contribution in [0.4, 0.5) is 4.39 Å². The van der Waals surface area contributed by atoms with E-state index in [1.807, 2.05) is 6.07 Å². The Morgan fingerprint density at radius 3 is 2.52 bits per heavy atom. The van der Waals surface area contributed by atoms with Gasteiger partial charge in [0, 0.05) is 24.8 Å². The number of piperidine rings is 1. The summed E-state index contributed by atoms with van der Waals surface area (Å²) in [7, 11) is 0. The SMILES string of the molecule is Fc1cccc(CN2CCC(c3nnc(SCC4CCCO4)n3Cc3ccccc3)CC2)c1. The van der Waals surface area contributed by atoms with Crippen LogP contribution in [-0.4, -0.2) is 51.2 Å². The fraction of sp³-hybridized carbons (Fsp3) is 0.462. The van der Waals surface area contributed by atoms with Gasteiger partial charge in [0.25, 0.3) is 0 Å². The second kappa shape index (κ2) is 10.8. The Labute approximate surface area is 199 Å². The first-order valence-electron chi connectivity index (χ1n) is 11.9. The van der Waals surface area contributed by atoms with Crippen molar-refractivity contribution in [3.05, 3.63) is 77.4 Å². The Morgan fingerprint density at radius 1 is 0.939 bits per heavy atom. The predicted octanol–water partition coefficient (Wildman–Crippen LogP) is 5.12. The number of nitrogens with zero attached hydrogens (tertiary/aromatic N) is 4. The number of ether oxygens (including phenoxy) is 1. The molecule has 0 saturated carbocycles. The van der Waals surface area contributed by atoms with Gasteiger partial charge in [-0.05, 0) is 62.0 Å². The lowest BCUT2D eigenvalue weighted by Gasteiger charge is -2.31. The first-order valence-corrected chi connectivity index (χ1v) is 12.9. The smallest absolute Gasteiger partial charge is 0.191 e. The Kier molecular flexibility index (Phi) is 7.39. The number of likely N-dealkylation sites (tertiary alicyclic amines) is 1. The van der Waals surface area contributed by atoms with Crippen LogP contribution in [0.2, 0.25) is 0 Å². The van der Waals surface area contributed by atoms with Gasteiger partial charge in [-0.25, -0.2) is 4.39 Å². The minimum Gasteiger partial charge on any atom is -0.377 e. The van der Waals surface area contributed by atoms with Crippen molar-refractivity contribution in [1.29, 1.82) is 0 Å². The number of hydrogen-bond donors (Lipinski definition) is 0. The third-order valence-electron chi connectivity index (χ3n) is 6.60. The van der Waals surface area contributed by atoms with Crippen molar-refractivity contribution >= 4 is 11.8 Å². The number of aromatic nitrogens is 3. The van der Waals surface area contributed by atoms with Crippen LogP contribution in [-0.2, 0) is 17.8 Å². The van der Waals surface area contributed by atoms with Crippen LogP contribution in [0.3, 0.4) is 0 Å². The average molecular weight is 467 g/mol. The second-order valence-corrected chi connectivity index (χ2v) is 10.0. The van der Waals surface area contributed by atoms with Gasteiger partial charge < -0.3 is 9.30 Å². The largest absolute Gasteiger partial charge is 0.377 e. The van der Waals surface area contributed by atoms with E-state index in [2.05, 4.69) is 50.0 Å². The zero-order valence-corrected chi connectivity index (χ0v) is 19.7. The van der Waals surface area contributed by atoms with Gasteiger partial charge in [-0.15, -0.1) is 10.2 Å². The third kappa shape index (κ3) is 5.83. The van der Waals surface area contributed by atoms with E-state index in [4.69, 9.17) is 4.74 Å². The van der Waals surface area contributed by atoms with Gasteiger partial charge in [-0.1, -0.05) is 54.2 Å². The molecule has 2 aliphatic heterocycles. The molecule has 3 heterocycles. The zero-order chi connectivity index (χ0) is 22.5. The predicted molar refractivity (Wildman–Crippen MR) is 129 cm³/mol. The number of halogens is 1. The highest BCUT2D eigenvalue weighted by molar-refractivity contribution is 7.99. The van der Waals surface area contributed by atoms with Gasteiger partial charge >= 0.3 is 0 Å². The van der Waals surface area contributed by atoms with Gasteiger partial charge in [-0.3, -0.25) is 4.90 Å². The second-order valence-electron chi connectivity index (χ2n) is 9.04. The summed E-state index contributed by atoms with van der Waals surface area (Å²) in [5.41, 5.74) is 2.30. The van der Waals surface area contributed by atoms with E-state index >= 15 is 0 Å². The summed E-state index contributed by atoms with van der Waals surface area (Å²) in [4.78, 5) is 2.41. The van der Waals surface area contributed by atoms with Crippen LogP contribution in [0.5, 0.6) is 0 Å². The molecule has 5 rings (SSSR count). The van der Waals surface area contributed by atoms with E-state index in [0.717, 1.165) is 80.8 Å². The Morgan fingerprint density at radius 2 is 1.76 bits per heavy atom. The number of thioether (sulfide) groups is 1. The maximum Gasteiger partial charge on any atom is 0.191 e. The van der Waals surface area contributed by atoms with Crippen molar-refractivity contribution in [2.45, 2.75) is 56.0 Å². The molecular weight excluding hydrogens is 435 g/mol. The van der Waals surface area contributed by atoms with E-state index in [0.29, 0.717) is 12.0 Å². The van der Waals surface area contributed by atoms with Crippen molar-refractivity contribution < 1.29 is 9.13 Å². The molecule has 1 atom stereocenters. The molecule has 3 aromatic rings. The van der Waals surface area contributed by atoms with Crippen LogP contribution in [0.25, 0.3) is 0 Å². The van der Waals surface area contributed by atoms with Crippen LogP contribution in [0.1, 0.15) is 48.6 Å². The molecule has 2 fully saturated rings. The standard InChI is InChI=1S/C26H31FN4OS/c27-23-9-4-8-21(16-23)17-30-13-11-22(12-14-30)25-28-29-26(33-19-24-10-5-15-32-24)31(25)18-20-6-2-1-3-7-20/h1-4,6-9,16,22,24H,5,10-15,17-19H2. The molecule has 2 aromatic carbocycles. The Bertz CT molecular complexity index is 1030. The van der Waals surface area contributed by atoms with E-state index < -0.39 is 0 Å². The van der Waals surface area contributed by atoms with Crippen molar-refractivity contribution in [3.8, 4) is 0 Å².